The van der Waals surface area contributed by atoms with E-state index < -0.39 is 10.8 Å². The van der Waals surface area contributed by atoms with E-state index in [1.807, 2.05) is 83.2 Å². The van der Waals surface area contributed by atoms with Crippen LogP contribution in [0.25, 0.3) is 6.08 Å². The smallest absolute Gasteiger partial charge is 0.311 e. The second-order valence-corrected chi connectivity index (χ2v) is 12.9. The molecule has 0 aromatic heterocycles. The van der Waals surface area contributed by atoms with Crippen LogP contribution in [0.3, 0.4) is 0 Å². The summed E-state index contributed by atoms with van der Waals surface area (Å²) in [5.74, 6) is -0.671. The van der Waals surface area contributed by atoms with Crippen molar-refractivity contribution in [2.75, 3.05) is 31.7 Å². The third kappa shape index (κ3) is 10.4. The highest BCUT2D eigenvalue weighted by molar-refractivity contribution is 5.80. The van der Waals surface area contributed by atoms with Gasteiger partial charge in [-0.1, -0.05) is 19.1 Å². The van der Waals surface area contributed by atoms with Crippen LogP contribution in [0.5, 0.6) is 0 Å². The second kappa shape index (κ2) is 17.6. The number of anilines is 1. The van der Waals surface area contributed by atoms with Gasteiger partial charge in [-0.15, -0.1) is 0 Å². The molecule has 0 aliphatic heterocycles. The molecule has 1 unspecified atom stereocenters. The minimum atomic E-state index is -0.847. The van der Waals surface area contributed by atoms with Crippen LogP contribution in [0.4, 0.5) is 28.4 Å². The SMILES string of the molecule is CCN(CCOC(=O)C(C)(C)CC(C)(CC)C(=O)OC)c1ccc(N=Nc2cc(C)c(N=Nc3ccc(C=C(C#N)C#N)cc3)c(C)c2)cc1. The second-order valence-electron chi connectivity index (χ2n) is 12.9. The fourth-order valence-corrected chi connectivity index (χ4v) is 5.54. The molecule has 0 spiro atoms. The van der Waals surface area contributed by atoms with Gasteiger partial charge in [-0.3, -0.25) is 9.59 Å². The average molecular weight is 676 g/mol. The summed E-state index contributed by atoms with van der Waals surface area (Å²) in [7, 11) is 1.37. The van der Waals surface area contributed by atoms with Crippen LogP contribution in [0.1, 0.15) is 64.2 Å². The predicted octanol–water partition coefficient (Wildman–Crippen LogP) is 9.94. The van der Waals surface area contributed by atoms with E-state index in [9.17, 15) is 9.59 Å². The number of hydrogen-bond acceptors (Lipinski definition) is 11. The Balaban J connectivity index is 1.60. The van der Waals surface area contributed by atoms with Gasteiger partial charge in [0.25, 0.3) is 0 Å². The van der Waals surface area contributed by atoms with E-state index >= 15 is 0 Å². The molecule has 0 amide bonds. The van der Waals surface area contributed by atoms with E-state index in [0.717, 1.165) is 28.1 Å². The fraction of sp³-hybridized carbons (Fsp3) is 0.385. The molecular formula is C39H45N7O4. The van der Waals surface area contributed by atoms with E-state index in [-0.39, 0.29) is 24.1 Å². The summed E-state index contributed by atoms with van der Waals surface area (Å²) < 4.78 is 10.6. The van der Waals surface area contributed by atoms with Crippen molar-refractivity contribution >= 4 is 46.5 Å². The minimum absolute atomic E-state index is 0.0335. The van der Waals surface area contributed by atoms with Crippen LogP contribution < -0.4 is 4.90 Å². The zero-order chi connectivity index (χ0) is 36.9. The van der Waals surface area contributed by atoms with Crippen molar-refractivity contribution in [1.29, 1.82) is 10.5 Å². The number of likely N-dealkylation sites (N-methyl/N-ethyl adjacent to an activating group) is 1. The van der Waals surface area contributed by atoms with Crippen molar-refractivity contribution in [2.24, 2.45) is 31.3 Å². The van der Waals surface area contributed by atoms with E-state index in [1.54, 1.807) is 38.1 Å². The molecular weight excluding hydrogens is 630 g/mol. The maximum absolute atomic E-state index is 13.0. The van der Waals surface area contributed by atoms with Crippen molar-refractivity contribution in [3.8, 4) is 12.1 Å². The van der Waals surface area contributed by atoms with Crippen LogP contribution in [-0.2, 0) is 19.1 Å². The number of nitriles is 2. The van der Waals surface area contributed by atoms with Crippen LogP contribution in [0.2, 0.25) is 0 Å². The van der Waals surface area contributed by atoms with Gasteiger partial charge in [-0.25, -0.2) is 0 Å². The molecule has 260 valence electrons. The normalized spacial score (nSPS) is 12.5. The maximum Gasteiger partial charge on any atom is 0.311 e. The van der Waals surface area contributed by atoms with Crippen molar-refractivity contribution < 1.29 is 19.1 Å². The van der Waals surface area contributed by atoms with Gasteiger partial charge >= 0.3 is 11.9 Å². The lowest BCUT2D eigenvalue weighted by Gasteiger charge is -2.33. The van der Waals surface area contributed by atoms with Gasteiger partial charge in [0.05, 0.1) is 47.2 Å². The number of azo groups is 2. The zero-order valence-electron chi connectivity index (χ0n) is 30.1. The Morgan fingerprint density at radius 1 is 0.820 bits per heavy atom. The van der Waals surface area contributed by atoms with Gasteiger partial charge in [0.2, 0.25) is 0 Å². The Morgan fingerprint density at radius 2 is 1.36 bits per heavy atom. The lowest BCUT2D eigenvalue weighted by molar-refractivity contribution is -0.161. The van der Waals surface area contributed by atoms with E-state index in [2.05, 4.69) is 25.4 Å². The maximum atomic E-state index is 13.0. The highest BCUT2D eigenvalue weighted by atomic mass is 16.5. The monoisotopic (exact) mass is 675 g/mol. The molecule has 3 rings (SSSR count). The quantitative estimate of drug-likeness (QED) is 0.0882. The number of hydrogen-bond donors (Lipinski definition) is 0. The molecule has 0 saturated heterocycles. The Hall–Kier alpha value is -5.68. The van der Waals surface area contributed by atoms with Crippen LogP contribution in [-0.4, -0.2) is 38.7 Å². The predicted molar refractivity (Wildman–Crippen MR) is 194 cm³/mol. The Bertz CT molecular complexity index is 1790. The van der Waals surface area contributed by atoms with Crippen molar-refractivity contribution in [1.82, 2.24) is 0 Å². The minimum Gasteiger partial charge on any atom is -0.469 e. The van der Waals surface area contributed by atoms with Crippen molar-refractivity contribution in [2.45, 2.75) is 61.3 Å². The third-order valence-electron chi connectivity index (χ3n) is 8.50. The Morgan fingerprint density at radius 3 is 1.88 bits per heavy atom. The number of methoxy groups -OCH3 is 1. The summed E-state index contributed by atoms with van der Waals surface area (Å²) in [6, 6.07) is 22.3. The summed E-state index contributed by atoms with van der Waals surface area (Å²) in [5.41, 5.74) is 4.68. The first-order valence-electron chi connectivity index (χ1n) is 16.5. The van der Waals surface area contributed by atoms with Gasteiger partial charge in [0.1, 0.15) is 24.3 Å². The molecule has 0 heterocycles. The number of allylic oxidation sites excluding steroid dienone is 1. The van der Waals surface area contributed by atoms with Gasteiger partial charge in [0.15, 0.2) is 0 Å². The van der Waals surface area contributed by atoms with E-state index in [0.29, 0.717) is 43.0 Å². The topological polar surface area (TPSA) is 153 Å². The number of ether oxygens (including phenoxy) is 2. The number of aryl methyl sites for hydroxylation is 2. The van der Waals surface area contributed by atoms with Crippen LogP contribution in [0, 0.1) is 47.3 Å². The zero-order valence-corrected chi connectivity index (χ0v) is 30.1. The van der Waals surface area contributed by atoms with Crippen LogP contribution >= 0.6 is 0 Å². The number of esters is 2. The summed E-state index contributed by atoms with van der Waals surface area (Å²) in [6.45, 7) is 14.7. The first-order chi connectivity index (χ1) is 23.8. The molecule has 11 nitrogen and oxygen atoms in total. The standard InChI is InChI=1S/C39H45N7O4/c1-9-39(7,37(48)49-8)26-38(5,6)36(47)50-20-19-46(10-2)34-17-15-32(16-18-34)42-44-33-21-27(3)35(28(4)22-33)45-43-31-13-11-29(12-14-31)23-30(24-40)25-41/h11-18,21-23H,9-10,19-20,26H2,1-8H3. The molecule has 0 bridgehead atoms. The van der Waals surface area contributed by atoms with Gasteiger partial charge in [-0.05, 0) is 126 Å². The number of carbonyl (C=O) groups is 2. The number of nitrogens with zero attached hydrogens (tertiary/aromatic N) is 7. The molecule has 11 heteroatoms. The molecule has 1 atom stereocenters. The summed E-state index contributed by atoms with van der Waals surface area (Å²) in [6.07, 6.45) is 2.40. The molecule has 3 aromatic rings. The number of carbonyl (C=O) groups excluding carboxylic acids is 2. The largest absolute Gasteiger partial charge is 0.469 e. The lowest BCUT2D eigenvalue weighted by atomic mass is 9.72. The fourth-order valence-electron chi connectivity index (χ4n) is 5.54. The van der Waals surface area contributed by atoms with Crippen LogP contribution in [0.15, 0.2) is 86.7 Å². The van der Waals surface area contributed by atoms with Gasteiger partial charge in [0, 0.05) is 12.2 Å². The highest BCUT2D eigenvalue weighted by Gasteiger charge is 2.42. The molecule has 0 saturated carbocycles. The lowest BCUT2D eigenvalue weighted by Crippen LogP contribution is -2.39. The molecule has 50 heavy (non-hydrogen) atoms. The molecule has 0 fully saturated rings. The molecule has 0 aliphatic carbocycles. The van der Waals surface area contributed by atoms with E-state index in [4.69, 9.17) is 20.0 Å². The first kappa shape index (κ1) is 38.8. The first-order valence-corrected chi connectivity index (χ1v) is 16.5. The summed E-state index contributed by atoms with van der Waals surface area (Å²) in [5, 5.41) is 35.5. The molecule has 3 aromatic carbocycles. The highest BCUT2D eigenvalue weighted by Crippen LogP contribution is 2.38. The number of rotatable bonds is 15. The summed E-state index contributed by atoms with van der Waals surface area (Å²) >= 11 is 0. The van der Waals surface area contributed by atoms with Crippen molar-refractivity contribution in [3.63, 3.8) is 0 Å². The van der Waals surface area contributed by atoms with E-state index in [1.165, 1.54) is 13.2 Å². The molecule has 0 radical (unpaired) electrons. The third-order valence-corrected chi connectivity index (χ3v) is 8.50. The van der Waals surface area contributed by atoms with Gasteiger partial charge in [-0.2, -0.15) is 31.0 Å². The molecule has 0 aliphatic rings. The average Bonchev–Trinajstić information content (AvgIpc) is 3.11. The molecule has 0 N–H and O–H groups in total. The van der Waals surface area contributed by atoms with Crippen molar-refractivity contribution in [3.05, 3.63) is 82.9 Å². The Kier molecular flexibility index (Phi) is 13.7. The van der Waals surface area contributed by atoms with Gasteiger partial charge < -0.3 is 14.4 Å². The summed E-state index contributed by atoms with van der Waals surface area (Å²) in [4.78, 5) is 27.4. The number of benzene rings is 3. The Labute approximate surface area is 295 Å².